The van der Waals surface area contributed by atoms with Crippen LogP contribution in [0.2, 0.25) is 0 Å². The number of aromatic nitrogens is 1. The van der Waals surface area contributed by atoms with E-state index in [1.54, 1.807) is 0 Å². The molecular formula is C17H27N3O2. The van der Waals surface area contributed by atoms with Gasteiger partial charge in [-0.15, -0.1) is 0 Å². The van der Waals surface area contributed by atoms with Gasteiger partial charge in [-0.3, -0.25) is 4.98 Å². The number of hydrogen-bond donors (Lipinski definition) is 1. The van der Waals surface area contributed by atoms with Gasteiger partial charge in [-0.25, -0.2) is 4.79 Å². The number of piperidine rings is 1. The van der Waals surface area contributed by atoms with Crippen molar-refractivity contribution in [3.05, 3.63) is 24.0 Å². The number of carbonyl (C=O) groups is 1. The standard InChI is InChI=1S/C17H27N3O2/c1-13-11-15(5-8-18-13)20-9-6-14(7-10-20)12-19-16(21)22-17(2,3)4/h5,8,11,14H,6-7,9-10,12H2,1-4H3,(H,19,21). The highest BCUT2D eigenvalue weighted by Gasteiger charge is 2.21. The van der Waals surface area contributed by atoms with Crippen molar-refractivity contribution in [1.82, 2.24) is 10.3 Å². The first-order valence-electron chi connectivity index (χ1n) is 7.98. The van der Waals surface area contributed by atoms with E-state index >= 15 is 0 Å². The summed E-state index contributed by atoms with van der Waals surface area (Å²) in [6.45, 7) is 10.4. The van der Waals surface area contributed by atoms with Crippen LogP contribution in [0.3, 0.4) is 0 Å². The van der Waals surface area contributed by atoms with E-state index in [9.17, 15) is 4.79 Å². The van der Waals surface area contributed by atoms with Crippen LogP contribution in [0.15, 0.2) is 18.3 Å². The molecule has 1 aromatic heterocycles. The molecule has 1 N–H and O–H groups in total. The summed E-state index contributed by atoms with van der Waals surface area (Å²) in [6, 6.07) is 4.19. The third-order valence-electron chi connectivity index (χ3n) is 3.79. The maximum absolute atomic E-state index is 11.7. The van der Waals surface area contributed by atoms with E-state index in [0.717, 1.165) is 31.6 Å². The van der Waals surface area contributed by atoms with Gasteiger partial charge in [0.2, 0.25) is 0 Å². The van der Waals surface area contributed by atoms with Crippen LogP contribution in [0, 0.1) is 12.8 Å². The lowest BCUT2D eigenvalue weighted by atomic mass is 9.96. The molecule has 1 amide bonds. The molecule has 1 aliphatic heterocycles. The number of hydrogen-bond acceptors (Lipinski definition) is 4. The van der Waals surface area contributed by atoms with Crippen LogP contribution in [-0.2, 0) is 4.74 Å². The molecule has 0 atom stereocenters. The van der Waals surface area contributed by atoms with Crippen LogP contribution in [0.25, 0.3) is 0 Å². The zero-order valence-corrected chi connectivity index (χ0v) is 14.1. The van der Waals surface area contributed by atoms with Crippen LogP contribution in [-0.4, -0.2) is 36.3 Å². The lowest BCUT2D eigenvalue weighted by molar-refractivity contribution is 0.0517. The van der Waals surface area contributed by atoms with Gasteiger partial charge in [-0.05, 0) is 58.6 Å². The van der Waals surface area contributed by atoms with Gasteiger partial charge in [-0.1, -0.05) is 0 Å². The van der Waals surface area contributed by atoms with E-state index in [0.29, 0.717) is 12.5 Å². The molecule has 1 aromatic rings. The van der Waals surface area contributed by atoms with Crippen molar-refractivity contribution in [3.8, 4) is 0 Å². The molecule has 22 heavy (non-hydrogen) atoms. The number of carbonyl (C=O) groups excluding carboxylic acids is 1. The summed E-state index contributed by atoms with van der Waals surface area (Å²) in [7, 11) is 0. The first-order valence-corrected chi connectivity index (χ1v) is 7.98. The number of nitrogens with zero attached hydrogens (tertiary/aromatic N) is 2. The lowest BCUT2D eigenvalue weighted by Gasteiger charge is -2.33. The number of amides is 1. The SMILES string of the molecule is Cc1cc(N2CCC(CNC(=O)OC(C)(C)C)CC2)ccn1. The van der Waals surface area contributed by atoms with Crippen LogP contribution < -0.4 is 10.2 Å². The molecule has 122 valence electrons. The number of anilines is 1. The number of pyridine rings is 1. The summed E-state index contributed by atoms with van der Waals surface area (Å²) in [4.78, 5) is 18.3. The Kier molecular flexibility index (Phi) is 5.27. The van der Waals surface area contributed by atoms with Crippen molar-refractivity contribution >= 4 is 11.8 Å². The van der Waals surface area contributed by atoms with Gasteiger partial charge in [0.1, 0.15) is 5.60 Å². The Morgan fingerprint density at radius 1 is 1.41 bits per heavy atom. The van der Waals surface area contributed by atoms with Gasteiger partial charge >= 0.3 is 6.09 Å². The van der Waals surface area contributed by atoms with E-state index < -0.39 is 5.60 Å². The summed E-state index contributed by atoms with van der Waals surface area (Å²) >= 11 is 0. The number of rotatable bonds is 3. The Morgan fingerprint density at radius 3 is 2.68 bits per heavy atom. The minimum Gasteiger partial charge on any atom is -0.444 e. The summed E-state index contributed by atoms with van der Waals surface area (Å²) in [5, 5.41) is 2.88. The Labute approximate surface area is 133 Å². The van der Waals surface area contributed by atoms with Gasteiger partial charge in [0.05, 0.1) is 0 Å². The predicted octanol–water partition coefficient (Wildman–Crippen LogP) is 3.13. The number of nitrogens with one attached hydrogen (secondary N) is 1. The number of alkyl carbamates (subject to hydrolysis) is 1. The van der Waals surface area contributed by atoms with Gasteiger partial charge in [0.25, 0.3) is 0 Å². The van der Waals surface area contributed by atoms with Gasteiger partial charge in [-0.2, -0.15) is 0 Å². The molecule has 0 unspecified atom stereocenters. The zero-order valence-electron chi connectivity index (χ0n) is 14.1. The molecule has 2 heterocycles. The molecule has 1 fully saturated rings. The van der Waals surface area contributed by atoms with E-state index in [1.165, 1.54) is 5.69 Å². The second-order valence-corrected chi connectivity index (χ2v) is 6.97. The quantitative estimate of drug-likeness (QED) is 0.932. The van der Waals surface area contributed by atoms with E-state index in [-0.39, 0.29) is 6.09 Å². The second kappa shape index (κ2) is 6.99. The smallest absolute Gasteiger partial charge is 0.407 e. The van der Waals surface area contributed by atoms with Crippen molar-refractivity contribution in [2.45, 2.75) is 46.1 Å². The number of ether oxygens (including phenoxy) is 1. The van der Waals surface area contributed by atoms with Crippen molar-refractivity contribution in [2.75, 3.05) is 24.5 Å². The Bertz CT molecular complexity index is 503. The molecule has 0 bridgehead atoms. The summed E-state index contributed by atoms with van der Waals surface area (Å²) in [5.41, 5.74) is 1.85. The van der Waals surface area contributed by atoms with Crippen LogP contribution >= 0.6 is 0 Å². The number of aryl methyl sites for hydroxylation is 1. The Morgan fingerprint density at radius 2 is 2.09 bits per heavy atom. The molecule has 1 aliphatic rings. The first kappa shape index (κ1) is 16.6. The summed E-state index contributed by atoms with van der Waals surface area (Å²) in [6.07, 6.45) is 3.70. The molecule has 0 aliphatic carbocycles. The average molecular weight is 305 g/mol. The highest BCUT2D eigenvalue weighted by atomic mass is 16.6. The highest BCUT2D eigenvalue weighted by Crippen LogP contribution is 2.23. The topological polar surface area (TPSA) is 54.5 Å². The fourth-order valence-corrected chi connectivity index (χ4v) is 2.66. The minimum absolute atomic E-state index is 0.320. The van der Waals surface area contributed by atoms with Crippen LogP contribution in [0.5, 0.6) is 0 Å². The van der Waals surface area contributed by atoms with E-state index in [1.807, 2.05) is 33.9 Å². The van der Waals surface area contributed by atoms with Crippen molar-refractivity contribution in [1.29, 1.82) is 0 Å². The maximum Gasteiger partial charge on any atom is 0.407 e. The van der Waals surface area contributed by atoms with Gasteiger partial charge in [0.15, 0.2) is 0 Å². The summed E-state index contributed by atoms with van der Waals surface area (Å²) in [5.74, 6) is 0.520. The second-order valence-electron chi connectivity index (χ2n) is 6.97. The largest absolute Gasteiger partial charge is 0.444 e. The third kappa shape index (κ3) is 5.20. The third-order valence-corrected chi connectivity index (χ3v) is 3.79. The molecule has 1 saturated heterocycles. The molecule has 0 saturated carbocycles. The molecule has 0 radical (unpaired) electrons. The normalized spacial score (nSPS) is 16.5. The van der Waals surface area contributed by atoms with Crippen molar-refractivity contribution in [2.24, 2.45) is 5.92 Å². The molecular weight excluding hydrogens is 278 g/mol. The zero-order chi connectivity index (χ0) is 16.2. The highest BCUT2D eigenvalue weighted by molar-refractivity contribution is 5.67. The fourth-order valence-electron chi connectivity index (χ4n) is 2.66. The lowest BCUT2D eigenvalue weighted by Crippen LogP contribution is -2.40. The van der Waals surface area contributed by atoms with E-state index in [4.69, 9.17) is 4.74 Å². The minimum atomic E-state index is -0.438. The average Bonchev–Trinajstić information content (AvgIpc) is 2.44. The molecule has 5 heteroatoms. The van der Waals surface area contributed by atoms with Crippen molar-refractivity contribution < 1.29 is 9.53 Å². The molecule has 0 spiro atoms. The first-order chi connectivity index (χ1) is 10.3. The monoisotopic (exact) mass is 305 g/mol. The summed E-state index contributed by atoms with van der Waals surface area (Å²) < 4.78 is 5.26. The van der Waals surface area contributed by atoms with Crippen molar-refractivity contribution in [3.63, 3.8) is 0 Å². The Hall–Kier alpha value is -1.78. The van der Waals surface area contributed by atoms with Gasteiger partial charge < -0.3 is 15.0 Å². The fraction of sp³-hybridized carbons (Fsp3) is 0.647. The van der Waals surface area contributed by atoms with Gasteiger partial charge in [0, 0.05) is 37.2 Å². The van der Waals surface area contributed by atoms with Crippen LogP contribution in [0.1, 0.15) is 39.3 Å². The Balaban J connectivity index is 1.74. The predicted molar refractivity (Wildman–Crippen MR) is 88.1 cm³/mol. The van der Waals surface area contributed by atoms with Crippen LogP contribution in [0.4, 0.5) is 10.5 Å². The maximum atomic E-state index is 11.7. The molecule has 0 aromatic carbocycles. The van der Waals surface area contributed by atoms with E-state index in [2.05, 4.69) is 27.3 Å². The molecule has 5 nitrogen and oxygen atoms in total. The molecule has 2 rings (SSSR count).